The molecule has 0 amide bonds. The van der Waals surface area contributed by atoms with Gasteiger partial charge in [0.05, 0.1) is 0 Å². The van der Waals surface area contributed by atoms with Crippen LogP contribution < -0.4 is 10.0 Å². The molecule has 5 rings (SSSR count). The summed E-state index contributed by atoms with van der Waals surface area (Å²) >= 11 is 0. The molecule has 3 aromatic carbocycles. The summed E-state index contributed by atoms with van der Waals surface area (Å²) in [6.07, 6.45) is 4.84. The van der Waals surface area contributed by atoms with Crippen molar-refractivity contribution >= 4 is 26.6 Å². The van der Waals surface area contributed by atoms with Gasteiger partial charge in [-0.15, -0.1) is 0 Å². The van der Waals surface area contributed by atoms with Gasteiger partial charge in [-0.25, -0.2) is 18.1 Å². The fraction of sp³-hybridized carbons (Fsp3) is 0.161. The van der Waals surface area contributed by atoms with Crippen LogP contribution in [0.1, 0.15) is 26.3 Å². The number of benzene rings is 3. The lowest BCUT2D eigenvalue weighted by atomic mass is 9.94. The van der Waals surface area contributed by atoms with E-state index in [0.29, 0.717) is 12.1 Å². The maximum Gasteiger partial charge on any atom is 0.242 e. The van der Waals surface area contributed by atoms with Gasteiger partial charge in [0.1, 0.15) is 10.7 Å². The molecular weight excluding hydrogens is 492 g/mol. The molecule has 0 fully saturated rings. The van der Waals surface area contributed by atoms with Gasteiger partial charge in [-0.3, -0.25) is 4.98 Å². The molecule has 0 radical (unpaired) electrons. The van der Waals surface area contributed by atoms with Crippen LogP contribution in [0.15, 0.2) is 108 Å². The first-order chi connectivity index (χ1) is 18.2. The van der Waals surface area contributed by atoms with E-state index >= 15 is 0 Å². The summed E-state index contributed by atoms with van der Waals surface area (Å²) in [4.78, 5) is 9.23. The molecule has 0 unspecified atom stereocenters. The highest BCUT2D eigenvalue weighted by Gasteiger charge is 2.23. The maximum absolute atomic E-state index is 13.0. The van der Waals surface area contributed by atoms with E-state index in [9.17, 15) is 8.42 Å². The third-order valence-corrected chi connectivity index (χ3v) is 7.80. The van der Waals surface area contributed by atoms with Crippen LogP contribution in [-0.2, 0) is 16.6 Å². The SMILES string of the molecule is CC(C)(C)NS(=O)(=O)c1cncc(-c2cnc(NCc3ccccc3)c3c(-c4ccccc4)cccc23)c1. The monoisotopic (exact) mass is 522 g/mol. The quantitative estimate of drug-likeness (QED) is 0.250. The highest BCUT2D eigenvalue weighted by Crippen LogP contribution is 2.38. The van der Waals surface area contributed by atoms with E-state index in [4.69, 9.17) is 4.98 Å². The fourth-order valence-corrected chi connectivity index (χ4v) is 5.88. The molecule has 192 valence electrons. The second-order valence-electron chi connectivity index (χ2n) is 10.2. The third kappa shape index (κ3) is 5.59. The number of anilines is 1. The van der Waals surface area contributed by atoms with Crippen molar-refractivity contribution in [1.29, 1.82) is 0 Å². The molecule has 0 aliphatic rings. The molecule has 0 saturated heterocycles. The predicted octanol–water partition coefficient (Wildman–Crippen LogP) is 6.65. The molecule has 6 nitrogen and oxygen atoms in total. The summed E-state index contributed by atoms with van der Waals surface area (Å²) in [5.41, 5.74) is 4.14. The summed E-state index contributed by atoms with van der Waals surface area (Å²) < 4.78 is 28.8. The van der Waals surface area contributed by atoms with E-state index in [1.165, 1.54) is 6.20 Å². The van der Waals surface area contributed by atoms with Gasteiger partial charge in [0.15, 0.2) is 0 Å². The number of pyridine rings is 2. The van der Waals surface area contributed by atoms with Gasteiger partial charge in [0, 0.05) is 47.2 Å². The molecule has 2 aromatic heterocycles. The molecule has 0 spiro atoms. The minimum absolute atomic E-state index is 0.114. The largest absolute Gasteiger partial charge is 0.365 e. The second-order valence-corrected chi connectivity index (χ2v) is 11.9. The number of rotatable bonds is 7. The van der Waals surface area contributed by atoms with Crippen molar-refractivity contribution in [2.45, 2.75) is 37.8 Å². The van der Waals surface area contributed by atoms with E-state index in [1.807, 2.05) is 69.3 Å². The fourth-order valence-electron chi connectivity index (χ4n) is 4.47. The molecule has 0 saturated carbocycles. The minimum atomic E-state index is -3.75. The van der Waals surface area contributed by atoms with Crippen LogP contribution in [0.25, 0.3) is 33.0 Å². The van der Waals surface area contributed by atoms with Gasteiger partial charge in [0.2, 0.25) is 10.0 Å². The molecule has 2 N–H and O–H groups in total. The number of sulfonamides is 1. The van der Waals surface area contributed by atoms with E-state index < -0.39 is 15.6 Å². The summed E-state index contributed by atoms with van der Waals surface area (Å²) in [6.45, 7) is 6.06. The topological polar surface area (TPSA) is 84.0 Å². The van der Waals surface area contributed by atoms with Gasteiger partial charge in [-0.05, 0) is 48.9 Å². The molecular formula is C31H30N4O2S. The molecule has 0 bridgehead atoms. The van der Waals surface area contributed by atoms with Crippen molar-refractivity contribution in [1.82, 2.24) is 14.7 Å². The zero-order valence-corrected chi connectivity index (χ0v) is 22.5. The Morgan fingerprint density at radius 1 is 0.763 bits per heavy atom. The number of hydrogen-bond donors (Lipinski definition) is 2. The van der Waals surface area contributed by atoms with E-state index in [1.54, 1.807) is 18.5 Å². The van der Waals surface area contributed by atoms with Crippen molar-refractivity contribution < 1.29 is 8.42 Å². The molecule has 0 atom stereocenters. The van der Waals surface area contributed by atoms with Gasteiger partial charge in [-0.2, -0.15) is 0 Å². The standard InChI is InChI=1S/C31H30N4O2S/c1-31(2,3)35-38(36,37)25-17-24(19-32-20-25)28-21-34-30(33-18-22-11-6-4-7-12-22)29-26(15-10-16-27(28)29)23-13-8-5-9-14-23/h4-17,19-21,35H,18H2,1-3H3,(H,33,34). The van der Waals surface area contributed by atoms with Crippen molar-refractivity contribution in [3.63, 3.8) is 0 Å². The van der Waals surface area contributed by atoms with Crippen LogP contribution in [0.3, 0.4) is 0 Å². The number of hydrogen-bond acceptors (Lipinski definition) is 5. The Balaban J connectivity index is 1.66. The van der Waals surface area contributed by atoms with E-state index in [-0.39, 0.29) is 4.90 Å². The molecule has 0 aliphatic heterocycles. The average molecular weight is 523 g/mol. The van der Waals surface area contributed by atoms with Crippen LogP contribution >= 0.6 is 0 Å². The number of nitrogens with zero attached hydrogens (tertiary/aromatic N) is 2. The van der Waals surface area contributed by atoms with Gasteiger partial charge in [0.25, 0.3) is 0 Å². The molecule has 7 heteroatoms. The molecule has 38 heavy (non-hydrogen) atoms. The van der Waals surface area contributed by atoms with Crippen molar-refractivity contribution in [2.75, 3.05) is 5.32 Å². The summed E-state index contributed by atoms with van der Waals surface area (Å²) in [5, 5.41) is 5.44. The Morgan fingerprint density at radius 2 is 1.47 bits per heavy atom. The van der Waals surface area contributed by atoms with Crippen molar-refractivity contribution in [3.05, 3.63) is 109 Å². The maximum atomic E-state index is 13.0. The lowest BCUT2D eigenvalue weighted by molar-refractivity contribution is 0.491. The summed E-state index contributed by atoms with van der Waals surface area (Å²) in [5.74, 6) is 0.762. The predicted molar refractivity (Wildman–Crippen MR) is 154 cm³/mol. The second kappa shape index (κ2) is 10.4. The average Bonchev–Trinajstić information content (AvgIpc) is 2.91. The molecule has 5 aromatic rings. The highest BCUT2D eigenvalue weighted by molar-refractivity contribution is 7.89. The van der Waals surface area contributed by atoms with Crippen LogP contribution in [0.4, 0.5) is 5.82 Å². The smallest absolute Gasteiger partial charge is 0.242 e. The molecule has 0 aliphatic carbocycles. The van der Waals surface area contributed by atoms with E-state index in [2.05, 4.69) is 45.4 Å². The van der Waals surface area contributed by atoms with Crippen molar-refractivity contribution in [2.24, 2.45) is 0 Å². The Hall–Kier alpha value is -4.07. The third-order valence-electron chi connectivity index (χ3n) is 6.08. The number of aromatic nitrogens is 2. The van der Waals surface area contributed by atoms with Crippen LogP contribution in [0, 0.1) is 0 Å². The molecule has 2 heterocycles. The zero-order chi connectivity index (χ0) is 26.8. The van der Waals surface area contributed by atoms with Gasteiger partial charge >= 0.3 is 0 Å². The number of fused-ring (bicyclic) bond motifs is 1. The van der Waals surface area contributed by atoms with Crippen LogP contribution in [0.5, 0.6) is 0 Å². The van der Waals surface area contributed by atoms with Crippen molar-refractivity contribution in [3.8, 4) is 22.3 Å². The normalized spacial score (nSPS) is 12.0. The Bertz CT molecular complexity index is 1680. The lowest BCUT2D eigenvalue weighted by Crippen LogP contribution is -2.40. The minimum Gasteiger partial charge on any atom is -0.365 e. The Morgan fingerprint density at radius 3 is 2.18 bits per heavy atom. The Kier molecular flexibility index (Phi) is 6.97. The zero-order valence-electron chi connectivity index (χ0n) is 21.6. The first-order valence-corrected chi connectivity index (χ1v) is 13.9. The summed E-state index contributed by atoms with van der Waals surface area (Å²) in [7, 11) is -3.75. The number of nitrogens with one attached hydrogen (secondary N) is 2. The van der Waals surface area contributed by atoms with Crippen LogP contribution in [-0.4, -0.2) is 23.9 Å². The summed E-state index contributed by atoms with van der Waals surface area (Å²) in [6, 6.07) is 28.2. The van der Waals surface area contributed by atoms with Gasteiger partial charge in [-0.1, -0.05) is 78.9 Å². The van der Waals surface area contributed by atoms with E-state index in [0.717, 1.165) is 38.8 Å². The Labute approximate surface area is 223 Å². The van der Waals surface area contributed by atoms with Crippen LogP contribution in [0.2, 0.25) is 0 Å². The lowest BCUT2D eigenvalue weighted by Gasteiger charge is -2.20. The highest BCUT2D eigenvalue weighted by atomic mass is 32.2. The van der Waals surface area contributed by atoms with Gasteiger partial charge < -0.3 is 5.32 Å². The first-order valence-electron chi connectivity index (χ1n) is 12.5. The first kappa shape index (κ1) is 25.6.